The average molecular weight is 245 g/mol. The molecule has 0 bridgehead atoms. The molecule has 18 heavy (non-hydrogen) atoms. The summed E-state index contributed by atoms with van der Waals surface area (Å²) in [5, 5.41) is 3.75. The monoisotopic (exact) mass is 245 g/mol. The Kier molecular flexibility index (Phi) is 3.67. The Labute approximate surface area is 110 Å². The summed E-state index contributed by atoms with van der Waals surface area (Å²) in [6.07, 6.45) is 5.23. The van der Waals surface area contributed by atoms with Crippen LogP contribution in [-0.4, -0.2) is 25.3 Å². The second kappa shape index (κ2) is 5.41. The van der Waals surface area contributed by atoms with Gasteiger partial charge in [0.25, 0.3) is 0 Å². The fourth-order valence-electron chi connectivity index (χ4n) is 3.20. The van der Waals surface area contributed by atoms with Gasteiger partial charge < -0.3 is 10.1 Å². The molecule has 0 radical (unpaired) electrons. The summed E-state index contributed by atoms with van der Waals surface area (Å²) in [7, 11) is 0. The largest absolute Gasteiger partial charge is 0.378 e. The highest BCUT2D eigenvalue weighted by atomic mass is 16.5. The van der Waals surface area contributed by atoms with Crippen molar-refractivity contribution >= 4 is 0 Å². The second-order valence-electron chi connectivity index (χ2n) is 5.63. The van der Waals surface area contributed by atoms with Crippen LogP contribution in [0.15, 0.2) is 24.3 Å². The molecule has 3 atom stereocenters. The standard InChI is InChI=1S/C16H23NO/c1-2-15-10-14(7-8-18-15)17-11-13-9-12-5-3-4-6-16(12)13/h3-6,13-15,17H,2,7-11H2,1H3. The van der Waals surface area contributed by atoms with Gasteiger partial charge in [0.1, 0.15) is 0 Å². The van der Waals surface area contributed by atoms with Crippen molar-refractivity contribution in [2.24, 2.45) is 0 Å². The first-order valence-electron chi connectivity index (χ1n) is 7.29. The molecule has 3 unspecified atom stereocenters. The Bertz CT molecular complexity index is 404. The second-order valence-corrected chi connectivity index (χ2v) is 5.63. The van der Waals surface area contributed by atoms with Gasteiger partial charge in [-0.1, -0.05) is 31.2 Å². The van der Waals surface area contributed by atoms with E-state index < -0.39 is 0 Å². The third-order valence-corrected chi connectivity index (χ3v) is 4.44. The van der Waals surface area contributed by atoms with E-state index in [1.165, 1.54) is 19.3 Å². The highest BCUT2D eigenvalue weighted by Gasteiger charge is 2.27. The van der Waals surface area contributed by atoms with Crippen LogP contribution in [0, 0.1) is 0 Å². The molecule has 0 amide bonds. The van der Waals surface area contributed by atoms with Gasteiger partial charge in [-0.05, 0) is 36.8 Å². The van der Waals surface area contributed by atoms with Crippen molar-refractivity contribution in [1.82, 2.24) is 5.32 Å². The van der Waals surface area contributed by atoms with E-state index in [-0.39, 0.29) is 0 Å². The topological polar surface area (TPSA) is 21.3 Å². The number of fused-ring (bicyclic) bond motifs is 1. The highest BCUT2D eigenvalue weighted by molar-refractivity contribution is 5.40. The Balaban J connectivity index is 1.48. The van der Waals surface area contributed by atoms with Gasteiger partial charge in [-0.3, -0.25) is 0 Å². The summed E-state index contributed by atoms with van der Waals surface area (Å²) in [6.45, 7) is 4.28. The molecule has 3 rings (SSSR count). The lowest BCUT2D eigenvalue weighted by Gasteiger charge is -2.34. The Morgan fingerprint density at radius 1 is 1.33 bits per heavy atom. The van der Waals surface area contributed by atoms with Gasteiger partial charge in [0.15, 0.2) is 0 Å². The number of benzene rings is 1. The van der Waals surface area contributed by atoms with E-state index in [0.29, 0.717) is 12.1 Å². The summed E-state index contributed by atoms with van der Waals surface area (Å²) < 4.78 is 5.72. The molecule has 1 N–H and O–H groups in total. The first kappa shape index (κ1) is 12.2. The third-order valence-electron chi connectivity index (χ3n) is 4.44. The maximum atomic E-state index is 5.72. The van der Waals surface area contributed by atoms with Gasteiger partial charge in [-0.2, -0.15) is 0 Å². The highest BCUT2D eigenvalue weighted by Crippen LogP contribution is 2.34. The van der Waals surface area contributed by atoms with E-state index in [1.807, 2.05) is 0 Å². The molecule has 1 aromatic carbocycles. The molecule has 98 valence electrons. The quantitative estimate of drug-likeness (QED) is 0.880. The van der Waals surface area contributed by atoms with Crippen molar-refractivity contribution in [1.29, 1.82) is 0 Å². The number of hydrogen-bond acceptors (Lipinski definition) is 2. The van der Waals surface area contributed by atoms with E-state index in [4.69, 9.17) is 4.74 Å². The molecule has 2 aliphatic rings. The molecule has 1 heterocycles. The summed E-state index contributed by atoms with van der Waals surface area (Å²) in [4.78, 5) is 0. The fourth-order valence-corrected chi connectivity index (χ4v) is 3.20. The fraction of sp³-hybridized carbons (Fsp3) is 0.625. The lowest BCUT2D eigenvalue weighted by Crippen LogP contribution is -2.41. The SMILES string of the molecule is CCC1CC(NCC2Cc3ccccc32)CCO1. The van der Waals surface area contributed by atoms with Crippen molar-refractivity contribution < 1.29 is 4.74 Å². The lowest BCUT2D eigenvalue weighted by molar-refractivity contribution is -0.000285. The first-order valence-corrected chi connectivity index (χ1v) is 7.29. The molecular weight excluding hydrogens is 222 g/mol. The minimum Gasteiger partial charge on any atom is -0.378 e. The molecule has 0 saturated carbocycles. The molecule has 2 heteroatoms. The zero-order valence-electron chi connectivity index (χ0n) is 11.2. The summed E-state index contributed by atoms with van der Waals surface area (Å²) >= 11 is 0. The number of nitrogens with one attached hydrogen (secondary N) is 1. The summed E-state index contributed by atoms with van der Waals surface area (Å²) in [5.41, 5.74) is 3.10. The van der Waals surface area contributed by atoms with E-state index in [0.717, 1.165) is 25.5 Å². The minimum absolute atomic E-state index is 0.477. The van der Waals surface area contributed by atoms with E-state index in [1.54, 1.807) is 11.1 Å². The van der Waals surface area contributed by atoms with Crippen molar-refractivity contribution in [2.75, 3.05) is 13.2 Å². The number of rotatable bonds is 4. The predicted molar refractivity (Wildman–Crippen MR) is 73.9 cm³/mol. The zero-order valence-corrected chi connectivity index (χ0v) is 11.2. The maximum absolute atomic E-state index is 5.72. The summed E-state index contributed by atoms with van der Waals surface area (Å²) in [5.74, 6) is 0.740. The van der Waals surface area contributed by atoms with Crippen molar-refractivity contribution in [3.05, 3.63) is 35.4 Å². The van der Waals surface area contributed by atoms with Crippen molar-refractivity contribution in [3.8, 4) is 0 Å². The molecule has 2 nitrogen and oxygen atoms in total. The average Bonchev–Trinajstić information content (AvgIpc) is 2.40. The predicted octanol–water partition coefficient (Wildman–Crippen LogP) is 2.87. The zero-order chi connectivity index (χ0) is 12.4. The molecule has 1 aromatic rings. The molecule has 0 aromatic heterocycles. The van der Waals surface area contributed by atoms with Gasteiger partial charge in [-0.15, -0.1) is 0 Å². The van der Waals surface area contributed by atoms with Crippen molar-refractivity contribution in [2.45, 2.75) is 50.7 Å². The Morgan fingerprint density at radius 2 is 2.22 bits per heavy atom. The van der Waals surface area contributed by atoms with Crippen LogP contribution >= 0.6 is 0 Å². The minimum atomic E-state index is 0.477. The molecule has 0 spiro atoms. The Hall–Kier alpha value is -0.860. The van der Waals surface area contributed by atoms with Crippen LogP contribution in [0.4, 0.5) is 0 Å². The molecule has 1 fully saturated rings. The smallest absolute Gasteiger partial charge is 0.0587 e. The van der Waals surface area contributed by atoms with Crippen LogP contribution < -0.4 is 5.32 Å². The summed E-state index contributed by atoms with van der Waals surface area (Å²) in [6, 6.07) is 9.51. The van der Waals surface area contributed by atoms with Crippen molar-refractivity contribution in [3.63, 3.8) is 0 Å². The van der Waals surface area contributed by atoms with Gasteiger partial charge >= 0.3 is 0 Å². The van der Waals surface area contributed by atoms with Gasteiger partial charge in [0.05, 0.1) is 6.10 Å². The normalized spacial score (nSPS) is 30.6. The van der Waals surface area contributed by atoms with Crippen LogP contribution in [-0.2, 0) is 11.2 Å². The maximum Gasteiger partial charge on any atom is 0.0587 e. The number of hydrogen-bond donors (Lipinski definition) is 1. The molecular formula is C16H23NO. The Morgan fingerprint density at radius 3 is 3.06 bits per heavy atom. The number of ether oxygens (including phenoxy) is 1. The van der Waals surface area contributed by atoms with Crippen LogP contribution in [0.25, 0.3) is 0 Å². The van der Waals surface area contributed by atoms with E-state index in [9.17, 15) is 0 Å². The van der Waals surface area contributed by atoms with E-state index in [2.05, 4.69) is 36.5 Å². The molecule has 1 aliphatic heterocycles. The third kappa shape index (κ3) is 2.45. The molecule has 1 saturated heterocycles. The lowest BCUT2D eigenvalue weighted by atomic mass is 9.77. The van der Waals surface area contributed by atoms with Gasteiger partial charge in [-0.25, -0.2) is 0 Å². The van der Waals surface area contributed by atoms with Crippen LogP contribution in [0.2, 0.25) is 0 Å². The van der Waals surface area contributed by atoms with Crippen LogP contribution in [0.5, 0.6) is 0 Å². The van der Waals surface area contributed by atoms with Crippen LogP contribution in [0.3, 0.4) is 0 Å². The van der Waals surface area contributed by atoms with Gasteiger partial charge in [0.2, 0.25) is 0 Å². The van der Waals surface area contributed by atoms with Crippen LogP contribution in [0.1, 0.15) is 43.2 Å². The first-order chi connectivity index (χ1) is 8.86. The van der Waals surface area contributed by atoms with E-state index >= 15 is 0 Å². The molecule has 1 aliphatic carbocycles. The van der Waals surface area contributed by atoms with Gasteiger partial charge in [0, 0.05) is 25.1 Å².